The quantitative estimate of drug-likeness (QED) is 0.0909. The summed E-state index contributed by atoms with van der Waals surface area (Å²) in [6.07, 6.45) is -0.723. The molecule has 4 atom stereocenters. The standard InChI is InChI=1S/C43H45N7O9/c1-59-23-22-48-34-24-28(44-38(51)32-14-8-20-49(32)40(53)36(46-42(55)56)26-10-4-2-5-11-26)16-18-30(34)31-19-17-29(25-35(31)48)45-39(52)33-15-9-21-50(33)41(54)37(47-43(57)58)27-12-6-3-7-13-27/h2-7,10-13,16-19,24-25,32-33,36-37,46-47H,8-9,14-15,20-23H2,1H3,(H,44,51)(H,45,52)(H,55,56)(H,57,58)/t32-,33-,36?,37?/m0/s1. The Kier molecular flexibility index (Phi) is 12.1. The van der Waals surface area contributed by atoms with Crippen LogP contribution in [0.3, 0.4) is 0 Å². The number of nitrogens with one attached hydrogen (secondary N) is 4. The zero-order valence-electron chi connectivity index (χ0n) is 32.3. The third-order valence-electron chi connectivity index (χ3n) is 10.9. The third-order valence-corrected chi connectivity index (χ3v) is 10.9. The Morgan fingerprint density at radius 3 is 1.46 bits per heavy atom. The number of aromatic nitrogens is 1. The van der Waals surface area contributed by atoms with Crippen LogP contribution in [-0.4, -0.2) is 99.3 Å². The lowest BCUT2D eigenvalue weighted by atomic mass is 10.0. The van der Waals surface area contributed by atoms with E-state index in [1.165, 1.54) is 9.80 Å². The molecule has 16 nitrogen and oxygen atoms in total. The number of ether oxygens (including phenoxy) is 1. The van der Waals surface area contributed by atoms with Gasteiger partial charge in [0.2, 0.25) is 11.8 Å². The number of anilines is 2. The van der Waals surface area contributed by atoms with Crippen molar-refractivity contribution in [1.29, 1.82) is 0 Å². The molecule has 0 bridgehead atoms. The largest absolute Gasteiger partial charge is 0.465 e. The van der Waals surface area contributed by atoms with Gasteiger partial charge in [0.05, 0.1) is 17.6 Å². The molecule has 4 aromatic carbocycles. The molecule has 0 radical (unpaired) electrons. The predicted octanol–water partition coefficient (Wildman–Crippen LogP) is 5.32. The van der Waals surface area contributed by atoms with Crippen LogP contribution in [0.4, 0.5) is 21.0 Å². The second-order valence-electron chi connectivity index (χ2n) is 14.6. The Balaban J connectivity index is 1.11. The highest BCUT2D eigenvalue weighted by molar-refractivity contribution is 6.11. The number of likely N-dealkylation sites (tertiary alicyclic amines) is 2. The Morgan fingerprint density at radius 1 is 0.644 bits per heavy atom. The molecule has 0 aliphatic carbocycles. The van der Waals surface area contributed by atoms with Gasteiger partial charge in [-0.15, -0.1) is 0 Å². The molecule has 2 aliphatic rings. The number of carbonyl (C=O) groups is 6. The Labute approximate surface area is 339 Å². The molecule has 3 heterocycles. The van der Waals surface area contributed by atoms with Gasteiger partial charge < -0.3 is 50.6 Å². The Hall–Kier alpha value is -6.94. The fraction of sp³-hybridized carbons (Fsp3) is 0.302. The third kappa shape index (κ3) is 8.67. The number of benzene rings is 4. The van der Waals surface area contributed by atoms with Gasteiger partial charge in [-0.2, -0.15) is 0 Å². The minimum atomic E-state index is -1.35. The first kappa shape index (κ1) is 40.3. The SMILES string of the molecule is COCCn1c2cc(NC(=O)[C@@H]3CCCN3C(=O)C(NC(=O)O)c3ccccc3)ccc2c2ccc(NC(=O)[C@@H]3CCCN3C(=O)C(NC(=O)O)c3ccccc3)cc21. The molecular formula is C43H45N7O9. The van der Waals surface area contributed by atoms with Gasteiger partial charge in [0.25, 0.3) is 11.8 Å². The van der Waals surface area contributed by atoms with Crippen LogP contribution in [0.1, 0.15) is 48.9 Å². The molecule has 1 aromatic heterocycles. The van der Waals surface area contributed by atoms with Crippen LogP contribution in [0.25, 0.3) is 21.8 Å². The van der Waals surface area contributed by atoms with Gasteiger partial charge in [0, 0.05) is 48.9 Å². The molecule has 16 heteroatoms. The van der Waals surface area contributed by atoms with Gasteiger partial charge in [0.1, 0.15) is 24.2 Å². The summed E-state index contributed by atoms with van der Waals surface area (Å²) in [5.41, 5.74) is 3.52. The van der Waals surface area contributed by atoms with Gasteiger partial charge in [-0.25, -0.2) is 9.59 Å². The van der Waals surface area contributed by atoms with Crippen molar-refractivity contribution in [2.45, 2.75) is 56.4 Å². The maximum Gasteiger partial charge on any atom is 0.405 e. The van der Waals surface area contributed by atoms with Gasteiger partial charge in [0.15, 0.2) is 0 Å². The number of carbonyl (C=O) groups excluding carboxylic acids is 4. The first-order valence-corrected chi connectivity index (χ1v) is 19.4. The summed E-state index contributed by atoms with van der Waals surface area (Å²) in [6.45, 7) is 1.41. The summed E-state index contributed by atoms with van der Waals surface area (Å²) in [7, 11) is 1.59. The zero-order valence-corrected chi connectivity index (χ0v) is 32.3. The Morgan fingerprint density at radius 2 is 1.07 bits per heavy atom. The zero-order chi connectivity index (χ0) is 41.6. The minimum Gasteiger partial charge on any atom is -0.465 e. The monoisotopic (exact) mass is 803 g/mol. The van der Waals surface area contributed by atoms with E-state index in [9.17, 15) is 39.0 Å². The van der Waals surface area contributed by atoms with Crippen molar-refractivity contribution in [1.82, 2.24) is 25.0 Å². The van der Waals surface area contributed by atoms with Crippen LogP contribution in [0.15, 0.2) is 97.1 Å². The number of fused-ring (bicyclic) bond motifs is 3. The highest BCUT2D eigenvalue weighted by Crippen LogP contribution is 2.34. The molecule has 2 aliphatic heterocycles. The first-order valence-electron chi connectivity index (χ1n) is 19.4. The highest BCUT2D eigenvalue weighted by Gasteiger charge is 2.40. The normalized spacial score (nSPS) is 17.4. The van der Waals surface area contributed by atoms with Crippen molar-refractivity contribution in [3.8, 4) is 0 Å². The number of amides is 6. The molecule has 6 N–H and O–H groups in total. The molecule has 0 saturated carbocycles. The van der Waals surface area contributed by atoms with Crippen molar-refractivity contribution in [3.05, 3.63) is 108 Å². The molecular weight excluding hydrogens is 759 g/mol. The summed E-state index contributed by atoms with van der Waals surface area (Å²) < 4.78 is 7.47. The van der Waals surface area contributed by atoms with E-state index in [1.807, 2.05) is 28.8 Å². The topological polar surface area (TPSA) is 212 Å². The van der Waals surface area contributed by atoms with Gasteiger partial charge in [-0.1, -0.05) is 72.8 Å². The summed E-state index contributed by atoms with van der Waals surface area (Å²) in [6, 6.07) is 24.1. The van der Waals surface area contributed by atoms with E-state index in [2.05, 4.69) is 21.3 Å². The second-order valence-corrected chi connectivity index (χ2v) is 14.6. The second kappa shape index (κ2) is 17.7. The van der Waals surface area contributed by atoms with E-state index in [0.717, 1.165) is 21.8 Å². The Bertz CT molecular complexity index is 2230. The molecule has 2 saturated heterocycles. The number of methoxy groups -OCH3 is 1. The molecule has 2 fully saturated rings. The predicted molar refractivity (Wildman–Crippen MR) is 219 cm³/mol. The van der Waals surface area contributed by atoms with Crippen molar-refractivity contribution in [2.24, 2.45) is 0 Å². The lowest BCUT2D eigenvalue weighted by Gasteiger charge is -2.28. The maximum absolute atomic E-state index is 13.8. The molecule has 2 unspecified atom stereocenters. The number of hydrogen-bond donors (Lipinski definition) is 6. The fourth-order valence-corrected chi connectivity index (χ4v) is 8.18. The highest BCUT2D eigenvalue weighted by atomic mass is 16.5. The van der Waals surface area contributed by atoms with Crippen LogP contribution in [0.2, 0.25) is 0 Å². The van der Waals surface area contributed by atoms with E-state index in [0.29, 0.717) is 74.4 Å². The number of hydrogen-bond acceptors (Lipinski definition) is 7. The molecule has 0 spiro atoms. The minimum absolute atomic E-state index is 0.302. The number of nitrogens with zero attached hydrogens (tertiary/aromatic N) is 3. The lowest BCUT2D eigenvalue weighted by molar-refractivity contribution is -0.138. The van der Waals surface area contributed by atoms with E-state index in [-0.39, 0.29) is 0 Å². The average Bonchev–Trinajstić information content (AvgIpc) is 4.00. The van der Waals surface area contributed by atoms with Gasteiger partial charge in [-0.05, 0) is 61.1 Å². The van der Waals surface area contributed by atoms with Crippen molar-refractivity contribution < 1.29 is 43.7 Å². The molecule has 306 valence electrons. The van der Waals surface area contributed by atoms with Crippen LogP contribution in [0.5, 0.6) is 0 Å². The van der Waals surface area contributed by atoms with Crippen LogP contribution in [-0.2, 0) is 30.5 Å². The molecule has 59 heavy (non-hydrogen) atoms. The van der Waals surface area contributed by atoms with Crippen LogP contribution >= 0.6 is 0 Å². The summed E-state index contributed by atoms with van der Waals surface area (Å²) >= 11 is 0. The van der Waals surface area contributed by atoms with Crippen molar-refractivity contribution in [2.75, 3.05) is 37.4 Å². The van der Waals surface area contributed by atoms with Gasteiger partial charge in [-0.3, -0.25) is 19.2 Å². The fourth-order valence-electron chi connectivity index (χ4n) is 8.18. The van der Waals surface area contributed by atoms with Crippen molar-refractivity contribution >= 4 is 69.0 Å². The molecule has 7 rings (SSSR count). The van der Waals surface area contributed by atoms with Crippen LogP contribution in [0, 0.1) is 0 Å². The number of carboxylic acid groups (broad SMARTS) is 2. The first-order chi connectivity index (χ1) is 28.5. The maximum atomic E-state index is 13.8. The lowest BCUT2D eigenvalue weighted by Crippen LogP contribution is -2.48. The van der Waals surface area contributed by atoms with E-state index < -0.39 is 60.0 Å². The van der Waals surface area contributed by atoms with E-state index in [1.54, 1.807) is 79.9 Å². The summed E-state index contributed by atoms with van der Waals surface area (Å²) in [5.74, 6) is -1.80. The summed E-state index contributed by atoms with van der Waals surface area (Å²) in [5, 5.41) is 31.4. The van der Waals surface area contributed by atoms with Crippen molar-refractivity contribution in [3.63, 3.8) is 0 Å². The summed E-state index contributed by atoms with van der Waals surface area (Å²) in [4.78, 5) is 81.2. The van der Waals surface area contributed by atoms with E-state index in [4.69, 9.17) is 4.74 Å². The number of rotatable bonds is 13. The van der Waals surface area contributed by atoms with Gasteiger partial charge >= 0.3 is 12.2 Å². The van der Waals surface area contributed by atoms with Crippen LogP contribution < -0.4 is 21.3 Å². The average molecular weight is 804 g/mol. The smallest absolute Gasteiger partial charge is 0.405 e. The molecule has 5 aromatic rings. The molecule has 6 amide bonds. The van der Waals surface area contributed by atoms with E-state index >= 15 is 0 Å².